The summed E-state index contributed by atoms with van der Waals surface area (Å²) in [5.74, 6) is 0.742. The van der Waals surface area contributed by atoms with E-state index in [9.17, 15) is 10.1 Å². The lowest BCUT2D eigenvalue weighted by molar-refractivity contribution is -0.384. The molecule has 31 heavy (non-hydrogen) atoms. The average Bonchev–Trinajstić information content (AvgIpc) is 2.79. The van der Waals surface area contributed by atoms with Gasteiger partial charge in [0.1, 0.15) is 12.4 Å². The first-order valence-corrected chi connectivity index (χ1v) is 9.70. The van der Waals surface area contributed by atoms with E-state index in [4.69, 9.17) is 4.74 Å². The molecule has 1 heterocycles. The van der Waals surface area contributed by atoms with Crippen LogP contribution in [-0.4, -0.2) is 16.1 Å². The highest BCUT2D eigenvalue weighted by Gasteiger charge is 2.13. The van der Waals surface area contributed by atoms with Crippen LogP contribution in [0.3, 0.4) is 0 Å². The fourth-order valence-electron chi connectivity index (χ4n) is 3.17. The van der Waals surface area contributed by atoms with Crippen LogP contribution in [0.15, 0.2) is 84.1 Å². The zero-order chi connectivity index (χ0) is 21.6. The number of aromatic nitrogens is 1. The van der Waals surface area contributed by atoms with Crippen molar-refractivity contribution in [3.8, 4) is 5.75 Å². The van der Waals surface area contributed by atoms with E-state index in [-0.39, 0.29) is 11.5 Å². The van der Waals surface area contributed by atoms with Crippen LogP contribution in [0.2, 0.25) is 0 Å². The predicted octanol–water partition coefficient (Wildman–Crippen LogP) is 5.48. The fourth-order valence-corrected chi connectivity index (χ4v) is 3.17. The van der Waals surface area contributed by atoms with Crippen molar-refractivity contribution in [2.24, 2.45) is 5.10 Å². The Bertz CT molecular complexity index is 1250. The quantitative estimate of drug-likeness (QED) is 0.247. The van der Waals surface area contributed by atoms with Gasteiger partial charge in [-0.15, -0.1) is 0 Å². The number of aryl methyl sites for hydroxylation is 1. The topological polar surface area (TPSA) is 89.7 Å². The maximum atomic E-state index is 11.2. The van der Waals surface area contributed by atoms with Crippen LogP contribution >= 0.6 is 0 Å². The zero-order valence-electron chi connectivity index (χ0n) is 16.9. The third-order valence-corrected chi connectivity index (χ3v) is 4.79. The maximum absolute atomic E-state index is 11.2. The van der Waals surface area contributed by atoms with Gasteiger partial charge < -0.3 is 4.74 Å². The van der Waals surface area contributed by atoms with Gasteiger partial charge in [0.15, 0.2) is 0 Å². The number of nitrogens with zero attached hydrogens (tertiary/aromatic N) is 3. The lowest BCUT2D eigenvalue weighted by Crippen LogP contribution is -2.01. The predicted molar refractivity (Wildman–Crippen MR) is 122 cm³/mol. The first-order valence-electron chi connectivity index (χ1n) is 9.70. The van der Waals surface area contributed by atoms with Crippen molar-refractivity contribution in [1.29, 1.82) is 0 Å². The molecule has 0 spiro atoms. The summed E-state index contributed by atoms with van der Waals surface area (Å²) in [6.45, 7) is 2.46. The molecule has 7 nitrogen and oxygen atoms in total. The number of anilines is 1. The van der Waals surface area contributed by atoms with Gasteiger partial charge in [0.2, 0.25) is 5.82 Å². The van der Waals surface area contributed by atoms with E-state index in [0.29, 0.717) is 12.4 Å². The molecular weight excluding hydrogens is 392 g/mol. The monoisotopic (exact) mass is 412 g/mol. The average molecular weight is 412 g/mol. The second-order valence-electron chi connectivity index (χ2n) is 6.97. The highest BCUT2D eigenvalue weighted by Crippen LogP contribution is 2.28. The van der Waals surface area contributed by atoms with Crippen molar-refractivity contribution in [2.45, 2.75) is 13.5 Å². The second-order valence-corrected chi connectivity index (χ2v) is 6.97. The van der Waals surface area contributed by atoms with Crippen LogP contribution in [0.25, 0.3) is 10.8 Å². The van der Waals surface area contributed by atoms with E-state index in [1.54, 1.807) is 6.21 Å². The van der Waals surface area contributed by atoms with Crippen molar-refractivity contribution < 1.29 is 9.66 Å². The lowest BCUT2D eigenvalue weighted by Gasteiger charge is -2.12. The normalized spacial score (nSPS) is 11.0. The fraction of sp³-hybridized carbons (Fsp3) is 0.0833. The molecule has 0 amide bonds. The van der Waals surface area contributed by atoms with Crippen molar-refractivity contribution in [1.82, 2.24) is 4.98 Å². The summed E-state index contributed by atoms with van der Waals surface area (Å²) < 4.78 is 6.09. The maximum Gasteiger partial charge on any atom is 0.313 e. The molecule has 0 aliphatic heterocycles. The molecule has 1 aromatic heterocycles. The van der Waals surface area contributed by atoms with Crippen LogP contribution in [0.5, 0.6) is 5.75 Å². The Balaban J connectivity index is 1.63. The van der Waals surface area contributed by atoms with E-state index >= 15 is 0 Å². The molecule has 154 valence electrons. The molecule has 0 bridgehead atoms. The number of pyridine rings is 1. The first kappa shape index (κ1) is 20.0. The summed E-state index contributed by atoms with van der Waals surface area (Å²) in [5.41, 5.74) is 5.56. The van der Waals surface area contributed by atoms with Crippen LogP contribution in [0.1, 0.15) is 16.7 Å². The molecule has 1 N–H and O–H groups in total. The van der Waals surface area contributed by atoms with Gasteiger partial charge in [-0.1, -0.05) is 60.2 Å². The van der Waals surface area contributed by atoms with Gasteiger partial charge in [-0.2, -0.15) is 5.10 Å². The number of fused-ring (bicyclic) bond motifs is 1. The molecule has 7 heteroatoms. The highest BCUT2D eigenvalue weighted by atomic mass is 16.6. The smallest absolute Gasteiger partial charge is 0.313 e. The van der Waals surface area contributed by atoms with Gasteiger partial charge in [0.25, 0.3) is 0 Å². The first-order chi connectivity index (χ1) is 15.1. The molecule has 3 aromatic carbocycles. The highest BCUT2D eigenvalue weighted by molar-refractivity contribution is 6.02. The number of rotatable bonds is 7. The van der Waals surface area contributed by atoms with Crippen molar-refractivity contribution in [3.05, 3.63) is 106 Å². The minimum absolute atomic E-state index is 0.0751. The van der Waals surface area contributed by atoms with E-state index in [1.165, 1.54) is 23.9 Å². The van der Waals surface area contributed by atoms with Gasteiger partial charge >= 0.3 is 5.69 Å². The standard InChI is InChI=1S/C24H20N4O3/c1-17-8-10-18(11-9-17)16-31-23-13-12-19-5-2-3-6-20(19)21(23)15-26-27-24-22(28(29)30)7-4-14-25-24/h2-15H,16H2,1H3,(H,25,27)/b26-15-. The van der Waals surface area contributed by atoms with Gasteiger partial charge in [-0.25, -0.2) is 4.98 Å². The molecule has 0 aliphatic rings. The number of nitrogens with one attached hydrogen (secondary N) is 1. The Kier molecular flexibility index (Phi) is 5.84. The van der Waals surface area contributed by atoms with Crippen LogP contribution in [0.4, 0.5) is 11.5 Å². The van der Waals surface area contributed by atoms with E-state index in [2.05, 4.69) is 15.5 Å². The van der Waals surface area contributed by atoms with Crippen LogP contribution in [-0.2, 0) is 6.61 Å². The number of nitro groups is 1. The number of hydrogen-bond donors (Lipinski definition) is 1. The van der Waals surface area contributed by atoms with Crippen molar-refractivity contribution in [2.75, 3.05) is 5.43 Å². The summed E-state index contributed by atoms with van der Waals surface area (Å²) in [5, 5.41) is 17.4. The Labute approximate surface area is 179 Å². The molecule has 0 saturated heterocycles. The summed E-state index contributed by atoms with van der Waals surface area (Å²) >= 11 is 0. The van der Waals surface area contributed by atoms with Crippen LogP contribution in [0, 0.1) is 17.0 Å². The Morgan fingerprint density at radius 2 is 1.87 bits per heavy atom. The van der Waals surface area contributed by atoms with E-state index < -0.39 is 4.92 Å². The minimum atomic E-state index is -0.501. The van der Waals surface area contributed by atoms with Crippen molar-refractivity contribution in [3.63, 3.8) is 0 Å². The number of hydrogen-bond acceptors (Lipinski definition) is 6. The van der Waals surface area contributed by atoms with Crippen LogP contribution < -0.4 is 10.2 Å². The second kappa shape index (κ2) is 9.04. The molecule has 0 unspecified atom stereocenters. The zero-order valence-corrected chi connectivity index (χ0v) is 16.9. The third kappa shape index (κ3) is 4.67. The molecule has 4 aromatic rings. The molecule has 0 atom stereocenters. The van der Waals surface area contributed by atoms with Gasteiger partial charge in [-0.3, -0.25) is 15.5 Å². The largest absolute Gasteiger partial charge is 0.488 e. The summed E-state index contributed by atoms with van der Waals surface area (Å²) in [4.78, 5) is 14.7. The molecule has 0 fully saturated rings. The lowest BCUT2D eigenvalue weighted by atomic mass is 10.0. The van der Waals surface area contributed by atoms with Gasteiger partial charge in [0.05, 0.1) is 11.1 Å². The molecule has 0 radical (unpaired) electrons. The number of ether oxygens (including phenoxy) is 1. The van der Waals surface area contributed by atoms with Crippen molar-refractivity contribution >= 4 is 28.5 Å². The summed E-state index contributed by atoms with van der Waals surface area (Å²) in [7, 11) is 0. The Morgan fingerprint density at radius 1 is 1.06 bits per heavy atom. The molecule has 4 rings (SSSR count). The van der Waals surface area contributed by atoms with E-state index in [1.807, 2.05) is 67.6 Å². The Morgan fingerprint density at radius 3 is 2.68 bits per heavy atom. The molecule has 0 aliphatic carbocycles. The van der Waals surface area contributed by atoms with E-state index in [0.717, 1.165) is 21.9 Å². The Hall–Kier alpha value is -4.26. The number of hydrazone groups is 1. The summed E-state index contributed by atoms with van der Waals surface area (Å²) in [6, 6.07) is 22.8. The SMILES string of the molecule is Cc1ccc(COc2ccc3ccccc3c2/C=N\Nc2ncccc2[N+](=O)[O-])cc1. The minimum Gasteiger partial charge on any atom is -0.488 e. The molecular formula is C24H20N4O3. The number of benzene rings is 3. The van der Waals surface area contributed by atoms with Gasteiger partial charge in [-0.05, 0) is 35.4 Å². The van der Waals surface area contributed by atoms with Gasteiger partial charge in [0, 0.05) is 17.8 Å². The molecule has 0 saturated carbocycles. The third-order valence-electron chi connectivity index (χ3n) is 4.79. The summed E-state index contributed by atoms with van der Waals surface area (Å²) in [6.07, 6.45) is 3.07.